The number of aromatic nitrogens is 3. The van der Waals surface area contributed by atoms with Gasteiger partial charge in [0.05, 0.1) is 5.56 Å². The number of aryl methyl sites for hydroxylation is 1. The van der Waals surface area contributed by atoms with Crippen molar-refractivity contribution in [3.63, 3.8) is 0 Å². The maximum absolute atomic E-state index is 12.6. The van der Waals surface area contributed by atoms with Gasteiger partial charge in [-0.1, -0.05) is 6.92 Å². The molecular weight excluding hydrogens is 323 g/mol. The first-order valence-corrected chi connectivity index (χ1v) is 8.00. The van der Waals surface area contributed by atoms with Gasteiger partial charge in [-0.15, -0.1) is 0 Å². The fraction of sp³-hybridized carbons (Fsp3) is 0.417. The number of sulfone groups is 1. The van der Waals surface area contributed by atoms with E-state index in [0.717, 1.165) is 6.07 Å². The van der Waals surface area contributed by atoms with E-state index in [-0.39, 0.29) is 22.7 Å². The van der Waals surface area contributed by atoms with Crippen LogP contribution < -0.4 is 0 Å². The molecule has 0 unspecified atom stereocenters. The van der Waals surface area contributed by atoms with Crippen LogP contribution in [0.2, 0.25) is 0 Å². The Morgan fingerprint density at radius 3 is 2.55 bits per heavy atom. The van der Waals surface area contributed by atoms with Crippen LogP contribution in [0.3, 0.4) is 0 Å². The van der Waals surface area contributed by atoms with Crippen LogP contribution in [-0.4, -0.2) is 40.2 Å². The molecule has 0 amide bonds. The highest BCUT2D eigenvalue weighted by Gasteiger charge is 2.32. The largest absolute Gasteiger partial charge is 0.417 e. The fourth-order valence-electron chi connectivity index (χ4n) is 1.85. The van der Waals surface area contributed by atoms with Crippen molar-refractivity contribution >= 4 is 26.8 Å². The molecule has 0 saturated carbocycles. The first-order valence-electron chi connectivity index (χ1n) is 6.18. The molecule has 2 rings (SSSR count). The molecular formula is C12H12F3N3O3S. The molecule has 2 heterocycles. The minimum atomic E-state index is -4.57. The zero-order chi connectivity index (χ0) is 16.7. The van der Waals surface area contributed by atoms with E-state index < -0.39 is 33.1 Å². The van der Waals surface area contributed by atoms with Crippen LogP contribution in [0.1, 0.15) is 23.1 Å². The molecule has 0 aromatic carbocycles. The van der Waals surface area contributed by atoms with Crippen molar-refractivity contribution in [1.82, 2.24) is 14.5 Å². The number of pyridine rings is 1. The Balaban J connectivity index is 2.49. The van der Waals surface area contributed by atoms with Crippen molar-refractivity contribution in [2.45, 2.75) is 13.1 Å². The molecule has 2 aromatic heterocycles. The number of alkyl halides is 3. The molecule has 0 aliphatic carbocycles. The van der Waals surface area contributed by atoms with Crippen molar-refractivity contribution in [2.24, 2.45) is 7.05 Å². The Kier molecular flexibility index (Phi) is 3.98. The molecule has 0 aliphatic heterocycles. The van der Waals surface area contributed by atoms with E-state index in [4.69, 9.17) is 0 Å². The summed E-state index contributed by atoms with van der Waals surface area (Å²) in [6.45, 7) is 1.40. The van der Waals surface area contributed by atoms with Gasteiger partial charge < -0.3 is 4.57 Å². The topological polar surface area (TPSA) is 81.9 Å². The molecule has 0 bridgehead atoms. The third-order valence-electron chi connectivity index (χ3n) is 3.08. The maximum Gasteiger partial charge on any atom is 0.417 e. The molecule has 0 spiro atoms. The van der Waals surface area contributed by atoms with E-state index in [1.165, 1.54) is 18.5 Å². The lowest BCUT2D eigenvalue weighted by atomic mass is 10.2. The average Bonchev–Trinajstić information content (AvgIpc) is 2.74. The van der Waals surface area contributed by atoms with Crippen LogP contribution in [0.25, 0.3) is 11.2 Å². The molecule has 0 fully saturated rings. The Hall–Kier alpha value is -1.97. The van der Waals surface area contributed by atoms with Crippen molar-refractivity contribution in [2.75, 3.05) is 11.5 Å². The molecule has 10 heteroatoms. The SMILES string of the molecule is CCS(=O)(=O)CC(=O)c1nc2cc(C(F)(F)F)cnc2n1C. The Labute approximate surface area is 123 Å². The number of ketones is 1. The smallest absolute Gasteiger partial charge is 0.309 e. The van der Waals surface area contributed by atoms with Crippen LogP contribution in [-0.2, 0) is 23.1 Å². The van der Waals surface area contributed by atoms with Gasteiger partial charge in [0, 0.05) is 19.0 Å². The van der Waals surface area contributed by atoms with E-state index in [1.807, 2.05) is 0 Å². The molecule has 0 atom stereocenters. The second-order valence-corrected chi connectivity index (χ2v) is 7.01. The van der Waals surface area contributed by atoms with E-state index in [9.17, 15) is 26.4 Å². The minimum absolute atomic E-state index is 0.0743. The van der Waals surface area contributed by atoms with Gasteiger partial charge in [-0.2, -0.15) is 13.2 Å². The van der Waals surface area contributed by atoms with Gasteiger partial charge in [0.2, 0.25) is 5.78 Å². The van der Waals surface area contributed by atoms with Crippen LogP contribution >= 0.6 is 0 Å². The zero-order valence-electron chi connectivity index (χ0n) is 11.7. The van der Waals surface area contributed by atoms with Crippen molar-refractivity contribution in [3.8, 4) is 0 Å². The first-order chi connectivity index (χ1) is 10.0. The Bertz CT molecular complexity index is 840. The van der Waals surface area contributed by atoms with Crippen LogP contribution in [0, 0.1) is 0 Å². The molecule has 6 nitrogen and oxygen atoms in total. The second kappa shape index (κ2) is 5.34. The Morgan fingerprint density at radius 2 is 2.00 bits per heavy atom. The van der Waals surface area contributed by atoms with Gasteiger partial charge in [-0.25, -0.2) is 18.4 Å². The highest BCUT2D eigenvalue weighted by atomic mass is 32.2. The van der Waals surface area contributed by atoms with E-state index in [2.05, 4.69) is 9.97 Å². The Morgan fingerprint density at radius 1 is 1.36 bits per heavy atom. The normalized spacial score (nSPS) is 12.8. The predicted molar refractivity (Wildman–Crippen MR) is 72.2 cm³/mol. The third kappa shape index (κ3) is 3.11. The van der Waals surface area contributed by atoms with E-state index in [0.29, 0.717) is 6.20 Å². The lowest BCUT2D eigenvalue weighted by Gasteiger charge is -2.05. The van der Waals surface area contributed by atoms with Crippen molar-refractivity contribution in [1.29, 1.82) is 0 Å². The summed E-state index contributed by atoms with van der Waals surface area (Å²) >= 11 is 0. The fourth-order valence-corrected chi connectivity index (χ4v) is 2.58. The number of imidazole rings is 1. The monoisotopic (exact) mass is 335 g/mol. The first kappa shape index (κ1) is 16.4. The summed E-state index contributed by atoms with van der Waals surface area (Å²) in [5.41, 5.74) is -1.03. The molecule has 120 valence electrons. The quantitative estimate of drug-likeness (QED) is 0.793. The summed E-state index contributed by atoms with van der Waals surface area (Å²) in [6.07, 6.45) is -3.94. The lowest BCUT2D eigenvalue weighted by Crippen LogP contribution is -2.20. The average molecular weight is 335 g/mol. The number of carbonyl (C=O) groups is 1. The number of hydrogen-bond donors (Lipinski definition) is 0. The zero-order valence-corrected chi connectivity index (χ0v) is 12.5. The van der Waals surface area contributed by atoms with E-state index >= 15 is 0 Å². The standard InChI is InChI=1S/C12H12F3N3O3S/c1-3-22(20,21)6-9(19)11-17-8-4-7(12(13,14)15)5-16-10(8)18(11)2/h4-5H,3,6H2,1-2H3. The minimum Gasteiger partial charge on any atom is -0.309 e. The number of hydrogen-bond acceptors (Lipinski definition) is 5. The molecule has 0 aliphatic rings. The summed E-state index contributed by atoms with van der Waals surface area (Å²) in [5.74, 6) is -1.97. The number of nitrogens with zero attached hydrogens (tertiary/aromatic N) is 3. The van der Waals surface area contributed by atoms with Gasteiger partial charge in [-0.05, 0) is 6.07 Å². The molecule has 0 N–H and O–H groups in total. The number of rotatable bonds is 4. The van der Waals surface area contributed by atoms with Crippen molar-refractivity contribution < 1.29 is 26.4 Å². The summed E-state index contributed by atoms with van der Waals surface area (Å²) in [7, 11) is -2.17. The maximum atomic E-state index is 12.6. The third-order valence-corrected chi connectivity index (χ3v) is 4.66. The number of halogens is 3. The van der Waals surface area contributed by atoms with Gasteiger partial charge >= 0.3 is 6.18 Å². The van der Waals surface area contributed by atoms with Crippen LogP contribution in [0.5, 0.6) is 0 Å². The van der Waals surface area contributed by atoms with Gasteiger partial charge in [0.1, 0.15) is 11.3 Å². The molecule has 0 radical (unpaired) electrons. The highest BCUT2D eigenvalue weighted by molar-refractivity contribution is 7.92. The number of carbonyl (C=O) groups excluding carboxylic acids is 1. The summed E-state index contributed by atoms with van der Waals surface area (Å²) in [6, 6.07) is 0.771. The lowest BCUT2D eigenvalue weighted by molar-refractivity contribution is -0.137. The summed E-state index contributed by atoms with van der Waals surface area (Å²) in [5, 5.41) is 0. The highest BCUT2D eigenvalue weighted by Crippen LogP contribution is 2.30. The number of fused-ring (bicyclic) bond motifs is 1. The van der Waals surface area contributed by atoms with Crippen LogP contribution in [0.15, 0.2) is 12.3 Å². The van der Waals surface area contributed by atoms with Crippen molar-refractivity contribution in [3.05, 3.63) is 23.7 Å². The summed E-state index contributed by atoms with van der Waals surface area (Å²) in [4.78, 5) is 19.4. The number of Topliss-reactive ketones (excluding diaryl/α,β-unsaturated/α-hetero) is 1. The molecule has 2 aromatic rings. The van der Waals surface area contributed by atoms with E-state index in [1.54, 1.807) is 0 Å². The second-order valence-electron chi connectivity index (χ2n) is 4.66. The summed E-state index contributed by atoms with van der Waals surface area (Å²) < 4.78 is 62.0. The molecule has 0 saturated heterocycles. The van der Waals surface area contributed by atoms with Crippen LogP contribution in [0.4, 0.5) is 13.2 Å². The predicted octanol–water partition coefficient (Wildman–Crippen LogP) is 1.60. The van der Waals surface area contributed by atoms with Gasteiger partial charge in [0.15, 0.2) is 21.3 Å². The van der Waals surface area contributed by atoms with Gasteiger partial charge in [0.25, 0.3) is 0 Å². The molecule has 22 heavy (non-hydrogen) atoms. The van der Waals surface area contributed by atoms with Gasteiger partial charge in [-0.3, -0.25) is 4.79 Å².